The van der Waals surface area contributed by atoms with Crippen LogP contribution in [-0.2, 0) is 21.4 Å². The van der Waals surface area contributed by atoms with E-state index in [0.29, 0.717) is 13.1 Å². The molecule has 0 aliphatic carbocycles. The van der Waals surface area contributed by atoms with E-state index in [-0.39, 0.29) is 22.3 Å². The first kappa shape index (κ1) is 21.5. The number of nitrogens with zero attached hydrogens (tertiary/aromatic N) is 3. The molecule has 1 saturated heterocycles. The topological polar surface area (TPSA) is 95.8 Å². The second kappa shape index (κ2) is 9.06. The van der Waals surface area contributed by atoms with Crippen molar-refractivity contribution in [3.05, 3.63) is 47.3 Å². The molecule has 1 fully saturated rings. The average molecular weight is 421 g/mol. The summed E-state index contributed by atoms with van der Waals surface area (Å²) in [5, 5.41) is 3.68. The molecule has 29 heavy (non-hydrogen) atoms. The van der Waals surface area contributed by atoms with Gasteiger partial charge in [0.05, 0.1) is 6.04 Å². The van der Waals surface area contributed by atoms with Gasteiger partial charge in [-0.1, -0.05) is 35.5 Å². The molecule has 8 nitrogen and oxygen atoms in total. The zero-order chi connectivity index (χ0) is 21.0. The second-order valence-corrected chi connectivity index (χ2v) is 9.09. The van der Waals surface area contributed by atoms with Crippen molar-refractivity contribution in [2.24, 2.45) is 0 Å². The molecular formula is C20H28N4O4S. The van der Waals surface area contributed by atoms with Gasteiger partial charge in [0, 0.05) is 32.7 Å². The molecule has 1 aromatic heterocycles. The lowest BCUT2D eigenvalue weighted by Crippen LogP contribution is -2.48. The highest BCUT2D eigenvalue weighted by molar-refractivity contribution is 7.89. The van der Waals surface area contributed by atoms with Crippen LogP contribution < -0.4 is 4.72 Å². The van der Waals surface area contributed by atoms with Gasteiger partial charge in [-0.25, -0.2) is 8.42 Å². The van der Waals surface area contributed by atoms with Crippen molar-refractivity contribution in [1.29, 1.82) is 0 Å². The highest BCUT2D eigenvalue weighted by Gasteiger charge is 2.30. The molecule has 0 saturated carbocycles. The van der Waals surface area contributed by atoms with Crippen LogP contribution in [0.15, 0.2) is 39.8 Å². The van der Waals surface area contributed by atoms with Crippen molar-refractivity contribution >= 4 is 15.9 Å². The van der Waals surface area contributed by atoms with E-state index >= 15 is 0 Å². The van der Waals surface area contributed by atoms with E-state index in [4.69, 9.17) is 4.52 Å². The number of nitrogens with one attached hydrogen (secondary N) is 1. The minimum absolute atomic E-state index is 0.00190. The number of amides is 1. The maximum atomic E-state index is 12.9. The van der Waals surface area contributed by atoms with Crippen molar-refractivity contribution in [1.82, 2.24) is 19.7 Å². The molecule has 158 valence electrons. The van der Waals surface area contributed by atoms with E-state index in [2.05, 4.69) is 26.9 Å². The van der Waals surface area contributed by atoms with E-state index in [9.17, 15) is 13.2 Å². The highest BCUT2D eigenvalue weighted by atomic mass is 32.2. The molecule has 2 heterocycles. The van der Waals surface area contributed by atoms with Crippen molar-refractivity contribution in [3.8, 4) is 0 Å². The van der Waals surface area contributed by atoms with Crippen molar-refractivity contribution < 1.29 is 17.7 Å². The third-order valence-electron chi connectivity index (χ3n) is 5.09. The Morgan fingerprint density at radius 1 is 1.17 bits per heavy atom. The number of aromatic nitrogens is 1. The van der Waals surface area contributed by atoms with Gasteiger partial charge in [-0.3, -0.25) is 9.69 Å². The van der Waals surface area contributed by atoms with Crippen LogP contribution in [0.1, 0.15) is 30.4 Å². The highest BCUT2D eigenvalue weighted by Crippen LogP contribution is 2.19. The lowest BCUT2D eigenvalue weighted by Gasteiger charge is -2.25. The molecule has 1 aliphatic heterocycles. The molecule has 0 radical (unpaired) electrons. The van der Waals surface area contributed by atoms with Crippen LogP contribution in [0.4, 0.5) is 0 Å². The lowest BCUT2D eigenvalue weighted by atomic mass is 10.2. The summed E-state index contributed by atoms with van der Waals surface area (Å²) in [5.41, 5.74) is 1.52. The maximum Gasteiger partial charge on any atom is 0.246 e. The van der Waals surface area contributed by atoms with Crippen LogP contribution in [0, 0.1) is 13.8 Å². The van der Waals surface area contributed by atoms with Crippen LogP contribution in [0.5, 0.6) is 0 Å². The Morgan fingerprint density at radius 2 is 1.90 bits per heavy atom. The van der Waals surface area contributed by atoms with E-state index in [1.807, 2.05) is 18.2 Å². The molecular weight excluding hydrogens is 392 g/mol. The van der Waals surface area contributed by atoms with Crippen LogP contribution >= 0.6 is 0 Å². The maximum absolute atomic E-state index is 12.9. The number of sulfonamides is 1. The standard InChI is InChI=1S/C20H28N4O4S/c1-15-19(17(3)28-21-15)29(26,27)22-16(2)20(25)24-11-7-10-23(12-13-24)14-18-8-5-4-6-9-18/h4-6,8-9,16,22H,7,10-14H2,1-3H3/t16-/m0/s1. The number of carbonyl (C=O) groups excluding carboxylic acids is 1. The van der Waals surface area contributed by atoms with Gasteiger partial charge in [-0.15, -0.1) is 0 Å². The zero-order valence-electron chi connectivity index (χ0n) is 17.1. The predicted molar refractivity (Wildman–Crippen MR) is 109 cm³/mol. The van der Waals surface area contributed by atoms with E-state index < -0.39 is 16.1 Å². The fourth-order valence-electron chi connectivity index (χ4n) is 3.67. The predicted octanol–water partition coefficient (Wildman–Crippen LogP) is 1.69. The van der Waals surface area contributed by atoms with Crippen LogP contribution in [-0.4, -0.2) is 61.5 Å². The summed E-state index contributed by atoms with van der Waals surface area (Å²) in [6, 6.07) is 9.37. The first-order chi connectivity index (χ1) is 13.8. The molecule has 9 heteroatoms. The smallest absolute Gasteiger partial charge is 0.246 e. The minimum atomic E-state index is -3.89. The number of benzene rings is 1. The zero-order valence-corrected chi connectivity index (χ0v) is 17.9. The lowest BCUT2D eigenvalue weighted by molar-refractivity contribution is -0.132. The Labute approximate surface area is 171 Å². The number of hydrogen-bond acceptors (Lipinski definition) is 6. The number of hydrogen-bond donors (Lipinski definition) is 1. The monoisotopic (exact) mass is 420 g/mol. The largest absolute Gasteiger partial charge is 0.360 e. The molecule has 1 amide bonds. The molecule has 0 bridgehead atoms. The Balaban J connectivity index is 1.60. The van der Waals surface area contributed by atoms with Gasteiger partial charge in [0.25, 0.3) is 0 Å². The normalized spacial score (nSPS) is 17.1. The summed E-state index contributed by atoms with van der Waals surface area (Å²) >= 11 is 0. The summed E-state index contributed by atoms with van der Waals surface area (Å²) in [4.78, 5) is 16.9. The molecule has 1 aromatic carbocycles. The Hall–Kier alpha value is -2.23. The van der Waals surface area contributed by atoms with Gasteiger partial charge in [0.1, 0.15) is 10.6 Å². The number of aryl methyl sites for hydroxylation is 2. The van der Waals surface area contributed by atoms with Gasteiger partial charge in [0.15, 0.2) is 5.76 Å². The molecule has 1 N–H and O–H groups in total. The third-order valence-corrected chi connectivity index (χ3v) is 6.87. The fraction of sp³-hybridized carbons (Fsp3) is 0.500. The van der Waals surface area contributed by atoms with Crippen molar-refractivity contribution in [3.63, 3.8) is 0 Å². The Kier molecular flexibility index (Phi) is 6.71. The molecule has 2 aromatic rings. The first-order valence-electron chi connectivity index (χ1n) is 9.78. The van der Waals surface area contributed by atoms with Crippen LogP contribution in [0.3, 0.4) is 0 Å². The Bertz CT molecular complexity index is 923. The first-order valence-corrected chi connectivity index (χ1v) is 11.3. The summed E-state index contributed by atoms with van der Waals surface area (Å²) in [6.07, 6.45) is 0.849. The van der Waals surface area contributed by atoms with E-state index in [1.54, 1.807) is 18.7 Å². The molecule has 1 aliphatic rings. The summed E-state index contributed by atoms with van der Waals surface area (Å²) < 4.78 is 32.8. The number of carbonyl (C=O) groups is 1. The molecule has 3 rings (SSSR count). The molecule has 0 unspecified atom stereocenters. The molecule has 1 atom stereocenters. The summed E-state index contributed by atoms with van der Waals surface area (Å²) in [6.45, 7) is 8.36. The van der Waals surface area contributed by atoms with Gasteiger partial charge in [-0.05, 0) is 32.8 Å². The van der Waals surface area contributed by atoms with Gasteiger partial charge in [0.2, 0.25) is 15.9 Å². The number of rotatable bonds is 6. The van der Waals surface area contributed by atoms with E-state index in [1.165, 1.54) is 12.5 Å². The fourth-order valence-corrected chi connectivity index (χ4v) is 5.19. The van der Waals surface area contributed by atoms with Crippen LogP contribution in [0.25, 0.3) is 0 Å². The van der Waals surface area contributed by atoms with Gasteiger partial charge in [-0.2, -0.15) is 4.72 Å². The van der Waals surface area contributed by atoms with Crippen LogP contribution in [0.2, 0.25) is 0 Å². The SMILES string of the molecule is Cc1noc(C)c1S(=O)(=O)N[C@@H](C)C(=O)N1CCCN(Cc2ccccc2)CC1. The van der Waals surface area contributed by atoms with Crippen molar-refractivity contribution in [2.45, 2.75) is 44.7 Å². The molecule has 0 spiro atoms. The summed E-state index contributed by atoms with van der Waals surface area (Å²) in [5.74, 6) is -0.0112. The quantitative estimate of drug-likeness (QED) is 0.764. The minimum Gasteiger partial charge on any atom is -0.360 e. The Morgan fingerprint density at radius 3 is 2.55 bits per heavy atom. The van der Waals surface area contributed by atoms with E-state index in [0.717, 1.165) is 26.1 Å². The van der Waals surface area contributed by atoms with Gasteiger partial charge < -0.3 is 9.42 Å². The average Bonchev–Trinajstić information content (AvgIpc) is 2.88. The second-order valence-electron chi connectivity index (χ2n) is 7.44. The van der Waals surface area contributed by atoms with Crippen molar-refractivity contribution in [2.75, 3.05) is 26.2 Å². The van der Waals surface area contributed by atoms with Gasteiger partial charge >= 0.3 is 0 Å². The third kappa shape index (κ3) is 5.23. The summed E-state index contributed by atoms with van der Waals surface area (Å²) in [7, 11) is -3.89.